The van der Waals surface area contributed by atoms with E-state index in [1.807, 2.05) is 32.0 Å². The van der Waals surface area contributed by atoms with Crippen molar-refractivity contribution in [1.29, 1.82) is 0 Å². The number of aryl methyl sites for hydroxylation is 2. The van der Waals surface area contributed by atoms with E-state index in [0.717, 1.165) is 36.1 Å². The van der Waals surface area contributed by atoms with Gasteiger partial charge in [-0.05, 0) is 62.1 Å². The Kier molecular flexibility index (Phi) is 5.11. The molecule has 2 aromatic rings. The summed E-state index contributed by atoms with van der Waals surface area (Å²) < 4.78 is 40.7. The van der Waals surface area contributed by atoms with Gasteiger partial charge in [0.1, 0.15) is 10.7 Å². The van der Waals surface area contributed by atoms with Crippen molar-refractivity contribution >= 4 is 21.6 Å². The first-order chi connectivity index (χ1) is 12.3. The second kappa shape index (κ2) is 7.17. The Bertz CT molecular complexity index is 951. The van der Waals surface area contributed by atoms with Gasteiger partial charge in [-0.2, -0.15) is 4.31 Å². The molecule has 1 amide bonds. The molecular weight excluding hydrogens is 355 g/mol. The van der Waals surface area contributed by atoms with Crippen molar-refractivity contribution < 1.29 is 17.6 Å². The molecule has 2 aromatic carbocycles. The minimum absolute atomic E-state index is 0.102. The molecule has 0 spiro atoms. The van der Waals surface area contributed by atoms with E-state index in [-0.39, 0.29) is 5.56 Å². The number of rotatable bonds is 4. The van der Waals surface area contributed by atoms with Crippen LogP contribution in [0.1, 0.15) is 34.3 Å². The normalized spacial score (nSPS) is 15.2. The van der Waals surface area contributed by atoms with Crippen LogP contribution in [-0.4, -0.2) is 31.7 Å². The number of benzene rings is 2. The molecule has 5 nitrogen and oxygen atoms in total. The zero-order valence-corrected chi connectivity index (χ0v) is 15.6. The highest BCUT2D eigenvalue weighted by Crippen LogP contribution is 2.25. The van der Waals surface area contributed by atoms with Crippen molar-refractivity contribution in [3.63, 3.8) is 0 Å². The zero-order valence-electron chi connectivity index (χ0n) is 14.8. The van der Waals surface area contributed by atoms with Crippen LogP contribution in [0.25, 0.3) is 0 Å². The predicted molar refractivity (Wildman–Crippen MR) is 98.3 cm³/mol. The van der Waals surface area contributed by atoms with Gasteiger partial charge in [-0.15, -0.1) is 0 Å². The summed E-state index contributed by atoms with van der Waals surface area (Å²) >= 11 is 0. The van der Waals surface area contributed by atoms with E-state index < -0.39 is 26.6 Å². The van der Waals surface area contributed by atoms with Crippen molar-refractivity contribution in [2.45, 2.75) is 31.6 Å². The van der Waals surface area contributed by atoms with E-state index in [2.05, 4.69) is 5.32 Å². The fraction of sp³-hybridized carbons (Fsp3) is 0.316. The largest absolute Gasteiger partial charge is 0.322 e. The Morgan fingerprint density at radius 2 is 1.77 bits per heavy atom. The second-order valence-corrected chi connectivity index (χ2v) is 8.44. The number of hydrogen-bond donors (Lipinski definition) is 1. The van der Waals surface area contributed by atoms with Crippen LogP contribution >= 0.6 is 0 Å². The van der Waals surface area contributed by atoms with Crippen LogP contribution in [0.3, 0.4) is 0 Å². The average molecular weight is 376 g/mol. The van der Waals surface area contributed by atoms with Gasteiger partial charge in [-0.1, -0.05) is 12.1 Å². The van der Waals surface area contributed by atoms with Crippen LogP contribution in [-0.2, 0) is 10.0 Å². The minimum atomic E-state index is -3.93. The summed E-state index contributed by atoms with van der Waals surface area (Å²) in [6, 6.07) is 9.09. The van der Waals surface area contributed by atoms with E-state index >= 15 is 0 Å². The second-order valence-electron chi connectivity index (χ2n) is 6.53. The lowest BCUT2D eigenvalue weighted by molar-refractivity contribution is 0.102. The van der Waals surface area contributed by atoms with E-state index in [1.165, 1.54) is 10.4 Å². The van der Waals surface area contributed by atoms with Crippen molar-refractivity contribution in [2.75, 3.05) is 18.4 Å². The van der Waals surface area contributed by atoms with Crippen LogP contribution in [0.4, 0.5) is 10.1 Å². The number of sulfonamides is 1. The highest BCUT2D eigenvalue weighted by atomic mass is 32.2. The van der Waals surface area contributed by atoms with Gasteiger partial charge in [0, 0.05) is 24.3 Å². The number of hydrogen-bond acceptors (Lipinski definition) is 3. The molecule has 0 aromatic heterocycles. The molecule has 3 rings (SSSR count). The van der Waals surface area contributed by atoms with Crippen molar-refractivity contribution in [2.24, 2.45) is 0 Å². The molecule has 1 heterocycles. The number of halogens is 1. The number of amides is 1. The summed E-state index contributed by atoms with van der Waals surface area (Å²) in [5.74, 6) is -1.32. The van der Waals surface area contributed by atoms with Gasteiger partial charge in [0.2, 0.25) is 10.0 Å². The van der Waals surface area contributed by atoms with E-state index in [1.54, 1.807) is 0 Å². The Morgan fingerprint density at radius 1 is 1.08 bits per heavy atom. The monoisotopic (exact) mass is 376 g/mol. The molecule has 138 valence electrons. The standard InChI is InChI=1S/C19H21FN2O3S/c1-13-5-6-14(2)17(11-13)21-19(23)15-7-8-16(20)18(12-15)26(24,25)22-9-3-4-10-22/h5-8,11-12H,3-4,9-10H2,1-2H3,(H,21,23). The number of carbonyl (C=O) groups is 1. The smallest absolute Gasteiger partial charge is 0.255 e. The third-order valence-electron chi connectivity index (χ3n) is 4.52. The minimum Gasteiger partial charge on any atom is -0.322 e. The van der Waals surface area contributed by atoms with Crippen LogP contribution in [0.2, 0.25) is 0 Å². The fourth-order valence-electron chi connectivity index (χ4n) is 2.97. The first-order valence-electron chi connectivity index (χ1n) is 8.47. The van der Waals surface area contributed by atoms with E-state index in [0.29, 0.717) is 18.8 Å². The molecule has 0 aliphatic carbocycles. The molecule has 0 bridgehead atoms. The third-order valence-corrected chi connectivity index (χ3v) is 6.43. The Morgan fingerprint density at radius 3 is 2.46 bits per heavy atom. The predicted octanol–water partition coefficient (Wildman–Crippen LogP) is 3.48. The molecule has 1 fully saturated rings. The number of carbonyl (C=O) groups excluding carboxylic acids is 1. The van der Waals surface area contributed by atoms with Gasteiger partial charge in [0.15, 0.2) is 0 Å². The van der Waals surface area contributed by atoms with Crippen molar-refractivity contribution in [3.8, 4) is 0 Å². The topological polar surface area (TPSA) is 66.5 Å². The van der Waals surface area contributed by atoms with Gasteiger partial charge >= 0.3 is 0 Å². The van der Waals surface area contributed by atoms with Gasteiger partial charge in [-0.25, -0.2) is 12.8 Å². The quantitative estimate of drug-likeness (QED) is 0.888. The summed E-state index contributed by atoms with van der Waals surface area (Å²) in [6.07, 6.45) is 1.52. The molecule has 0 radical (unpaired) electrons. The van der Waals surface area contributed by atoms with E-state index in [9.17, 15) is 17.6 Å². The summed E-state index contributed by atoms with van der Waals surface area (Å²) in [4.78, 5) is 12.1. The van der Waals surface area contributed by atoms with Crippen molar-refractivity contribution in [1.82, 2.24) is 4.31 Å². The van der Waals surface area contributed by atoms with Gasteiger partial charge in [0.05, 0.1) is 0 Å². The zero-order chi connectivity index (χ0) is 18.9. The maximum absolute atomic E-state index is 14.2. The lowest BCUT2D eigenvalue weighted by atomic mass is 10.1. The maximum atomic E-state index is 14.2. The highest BCUT2D eigenvalue weighted by Gasteiger charge is 2.30. The molecule has 1 aliphatic heterocycles. The molecule has 1 N–H and O–H groups in total. The number of nitrogens with one attached hydrogen (secondary N) is 1. The average Bonchev–Trinajstić information content (AvgIpc) is 3.13. The molecule has 7 heteroatoms. The fourth-order valence-corrected chi connectivity index (χ4v) is 4.58. The Balaban J connectivity index is 1.92. The molecule has 0 atom stereocenters. The Hall–Kier alpha value is -2.25. The summed E-state index contributed by atoms with van der Waals surface area (Å²) in [7, 11) is -3.93. The first kappa shape index (κ1) is 18.5. The molecule has 0 unspecified atom stereocenters. The SMILES string of the molecule is Cc1ccc(C)c(NC(=O)c2ccc(F)c(S(=O)(=O)N3CCCC3)c2)c1. The molecule has 1 saturated heterocycles. The Labute approximate surface area is 152 Å². The summed E-state index contributed by atoms with van der Waals surface area (Å²) in [5.41, 5.74) is 2.62. The van der Waals surface area contributed by atoms with Crippen LogP contribution in [0.15, 0.2) is 41.3 Å². The summed E-state index contributed by atoms with van der Waals surface area (Å²) in [6.45, 7) is 4.53. The summed E-state index contributed by atoms with van der Waals surface area (Å²) in [5, 5.41) is 2.77. The van der Waals surface area contributed by atoms with E-state index in [4.69, 9.17) is 0 Å². The molecule has 26 heavy (non-hydrogen) atoms. The third kappa shape index (κ3) is 3.64. The molecular formula is C19H21FN2O3S. The maximum Gasteiger partial charge on any atom is 0.255 e. The van der Waals surface area contributed by atoms with Gasteiger partial charge in [0.25, 0.3) is 5.91 Å². The van der Waals surface area contributed by atoms with Crippen LogP contribution in [0, 0.1) is 19.7 Å². The molecule has 0 saturated carbocycles. The van der Waals surface area contributed by atoms with Crippen LogP contribution in [0.5, 0.6) is 0 Å². The lowest BCUT2D eigenvalue weighted by Crippen LogP contribution is -2.29. The highest BCUT2D eigenvalue weighted by molar-refractivity contribution is 7.89. The van der Waals surface area contributed by atoms with Crippen LogP contribution < -0.4 is 5.32 Å². The lowest BCUT2D eigenvalue weighted by Gasteiger charge is -2.16. The number of anilines is 1. The van der Waals surface area contributed by atoms with Gasteiger partial charge < -0.3 is 5.32 Å². The molecule has 1 aliphatic rings. The van der Waals surface area contributed by atoms with Crippen molar-refractivity contribution in [3.05, 3.63) is 58.9 Å². The first-order valence-corrected chi connectivity index (χ1v) is 9.91. The van der Waals surface area contributed by atoms with Gasteiger partial charge in [-0.3, -0.25) is 4.79 Å². The number of nitrogens with zero attached hydrogens (tertiary/aromatic N) is 1.